The lowest BCUT2D eigenvalue weighted by Gasteiger charge is -2.30. The van der Waals surface area contributed by atoms with Gasteiger partial charge < -0.3 is 0 Å². The standard InChI is InChI=1S/C26H22N4O2/c1-17(2)30-25(31)22(18(3)23(15-27)26(30)32)14-20-16-29(21-12-8-5-9-13-21)28-24(20)19-10-6-4-7-11-19/h4-14,16-17H,1-3H3/b22-14+. The summed E-state index contributed by atoms with van der Waals surface area (Å²) in [5.41, 5.74) is 3.89. The molecule has 158 valence electrons. The number of rotatable bonds is 4. The van der Waals surface area contributed by atoms with Crippen LogP contribution in [0.4, 0.5) is 0 Å². The molecular weight excluding hydrogens is 400 g/mol. The van der Waals surface area contributed by atoms with Gasteiger partial charge in [-0.05, 0) is 44.6 Å². The zero-order valence-corrected chi connectivity index (χ0v) is 18.1. The van der Waals surface area contributed by atoms with Gasteiger partial charge in [-0.25, -0.2) is 4.68 Å². The third kappa shape index (κ3) is 3.65. The summed E-state index contributed by atoms with van der Waals surface area (Å²) in [4.78, 5) is 27.1. The van der Waals surface area contributed by atoms with Gasteiger partial charge in [-0.2, -0.15) is 10.4 Å². The Balaban J connectivity index is 1.93. The Kier molecular flexibility index (Phi) is 5.57. The van der Waals surface area contributed by atoms with Gasteiger partial charge in [0.05, 0.1) is 11.4 Å². The van der Waals surface area contributed by atoms with E-state index >= 15 is 0 Å². The van der Waals surface area contributed by atoms with E-state index in [1.54, 1.807) is 31.5 Å². The summed E-state index contributed by atoms with van der Waals surface area (Å²) in [6, 6.07) is 21.0. The van der Waals surface area contributed by atoms with Gasteiger partial charge in [-0.3, -0.25) is 14.5 Å². The molecule has 0 N–H and O–H groups in total. The Morgan fingerprint density at radius 3 is 2.19 bits per heavy atom. The summed E-state index contributed by atoms with van der Waals surface area (Å²) in [6.07, 6.45) is 3.58. The largest absolute Gasteiger partial charge is 0.271 e. The van der Waals surface area contributed by atoms with Crippen LogP contribution in [0, 0.1) is 11.3 Å². The minimum Gasteiger partial charge on any atom is -0.271 e. The molecule has 1 aliphatic rings. The van der Waals surface area contributed by atoms with E-state index < -0.39 is 11.8 Å². The first-order valence-electron chi connectivity index (χ1n) is 10.3. The van der Waals surface area contributed by atoms with Crippen molar-refractivity contribution in [3.8, 4) is 23.0 Å². The molecule has 0 atom stereocenters. The molecule has 1 aliphatic heterocycles. The normalized spacial score (nSPS) is 15.6. The fraction of sp³-hybridized carbons (Fsp3) is 0.154. The first-order valence-corrected chi connectivity index (χ1v) is 10.3. The molecule has 2 amide bonds. The predicted octanol–water partition coefficient (Wildman–Crippen LogP) is 4.54. The smallest absolute Gasteiger partial charge is 0.271 e. The van der Waals surface area contributed by atoms with E-state index in [2.05, 4.69) is 0 Å². The molecule has 4 rings (SSSR count). The van der Waals surface area contributed by atoms with Crippen LogP contribution in [-0.4, -0.2) is 32.5 Å². The molecule has 0 radical (unpaired) electrons. The third-order valence-electron chi connectivity index (χ3n) is 5.40. The van der Waals surface area contributed by atoms with Crippen LogP contribution in [0.15, 0.2) is 83.6 Å². The fourth-order valence-electron chi connectivity index (χ4n) is 3.75. The highest BCUT2D eigenvalue weighted by molar-refractivity contribution is 6.20. The number of hydrogen-bond donors (Lipinski definition) is 0. The average Bonchev–Trinajstić information content (AvgIpc) is 3.22. The number of benzene rings is 2. The van der Waals surface area contributed by atoms with Crippen molar-refractivity contribution in [2.24, 2.45) is 0 Å². The maximum absolute atomic E-state index is 13.2. The molecule has 6 heteroatoms. The van der Waals surface area contributed by atoms with E-state index in [1.807, 2.05) is 72.9 Å². The number of hydrogen-bond acceptors (Lipinski definition) is 4. The first-order chi connectivity index (χ1) is 15.4. The minimum atomic E-state index is -0.551. The van der Waals surface area contributed by atoms with Crippen LogP contribution in [0.25, 0.3) is 23.0 Å². The Morgan fingerprint density at radius 1 is 0.969 bits per heavy atom. The molecule has 0 bridgehead atoms. The van der Waals surface area contributed by atoms with Gasteiger partial charge in [0.2, 0.25) is 0 Å². The van der Waals surface area contributed by atoms with Crippen molar-refractivity contribution in [1.29, 1.82) is 5.26 Å². The van der Waals surface area contributed by atoms with E-state index in [0.717, 1.165) is 21.7 Å². The van der Waals surface area contributed by atoms with Gasteiger partial charge in [0.15, 0.2) is 0 Å². The van der Waals surface area contributed by atoms with E-state index in [4.69, 9.17) is 5.10 Å². The van der Waals surface area contributed by atoms with Crippen LogP contribution in [0.1, 0.15) is 26.3 Å². The van der Waals surface area contributed by atoms with Crippen LogP contribution >= 0.6 is 0 Å². The molecule has 1 aromatic heterocycles. The summed E-state index contributed by atoms with van der Waals surface area (Å²) in [6.45, 7) is 5.15. The SMILES string of the molecule is CC1=C(C#N)C(=O)N(C(C)C)C(=O)/C1=C/c1cn(-c2ccccc2)nc1-c1ccccc1. The van der Waals surface area contributed by atoms with Crippen LogP contribution in [-0.2, 0) is 9.59 Å². The molecule has 2 heterocycles. The molecule has 0 fully saturated rings. The van der Waals surface area contributed by atoms with Crippen LogP contribution < -0.4 is 0 Å². The van der Waals surface area contributed by atoms with Crippen molar-refractivity contribution >= 4 is 17.9 Å². The number of nitrogens with zero attached hydrogens (tertiary/aromatic N) is 4. The quantitative estimate of drug-likeness (QED) is 0.457. The Morgan fingerprint density at radius 2 is 1.59 bits per heavy atom. The number of nitriles is 1. The van der Waals surface area contributed by atoms with E-state index in [9.17, 15) is 14.9 Å². The summed E-state index contributed by atoms with van der Waals surface area (Å²) < 4.78 is 1.76. The van der Waals surface area contributed by atoms with E-state index in [1.165, 1.54) is 0 Å². The number of para-hydroxylation sites is 1. The van der Waals surface area contributed by atoms with Crippen molar-refractivity contribution in [2.75, 3.05) is 0 Å². The Labute approximate surface area is 186 Å². The maximum atomic E-state index is 13.2. The topological polar surface area (TPSA) is 79.0 Å². The molecule has 0 spiro atoms. The summed E-state index contributed by atoms with van der Waals surface area (Å²) in [7, 11) is 0. The third-order valence-corrected chi connectivity index (χ3v) is 5.40. The van der Waals surface area contributed by atoms with E-state index in [0.29, 0.717) is 16.8 Å². The Bertz CT molecular complexity index is 1290. The highest BCUT2D eigenvalue weighted by Crippen LogP contribution is 2.31. The summed E-state index contributed by atoms with van der Waals surface area (Å²) in [5, 5.41) is 14.4. The van der Waals surface area contributed by atoms with Crippen molar-refractivity contribution in [2.45, 2.75) is 26.8 Å². The minimum absolute atomic E-state index is 0.0127. The summed E-state index contributed by atoms with van der Waals surface area (Å²) >= 11 is 0. The highest BCUT2D eigenvalue weighted by atomic mass is 16.2. The van der Waals surface area contributed by atoms with Gasteiger partial charge in [-0.1, -0.05) is 48.5 Å². The second-order valence-corrected chi connectivity index (χ2v) is 7.82. The van der Waals surface area contributed by atoms with Gasteiger partial charge in [0.1, 0.15) is 11.6 Å². The molecular formula is C26H22N4O2. The van der Waals surface area contributed by atoms with Crippen LogP contribution in [0.3, 0.4) is 0 Å². The zero-order valence-electron chi connectivity index (χ0n) is 18.1. The second kappa shape index (κ2) is 8.48. The molecule has 6 nitrogen and oxygen atoms in total. The van der Waals surface area contributed by atoms with Gasteiger partial charge in [-0.15, -0.1) is 0 Å². The van der Waals surface area contributed by atoms with Crippen LogP contribution in [0.5, 0.6) is 0 Å². The highest BCUT2D eigenvalue weighted by Gasteiger charge is 2.37. The Hall–Kier alpha value is -4.24. The zero-order chi connectivity index (χ0) is 22.8. The summed E-state index contributed by atoms with van der Waals surface area (Å²) in [5.74, 6) is -0.960. The van der Waals surface area contributed by atoms with Crippen molar-refractivity contribution in [3.05, 3.63) is 89.1 Å². The monoisotopic (exact) mass is 422 g/mol. The lowest BCUT2D eigenvalue weighted by Crippen LogP contribution is -2.46. The lowest BCUT2D eigenvalue weighted by atomic mass is 9.92. The maximum Gasteiger partial charge on any atom is 0.271 e. The number of aromatic nitrogens is 2. The first kappa shape index (κ1) is 21.0. The van der Waals surface area contributed by atoms with Crippen molar-refractivity contribution in [1.82, 2.24) is 14.7 Å². The molecule has 0 saturated carbocycles. The molecule has 3 aromatic rings. The number of amides is 2. The van der Waals surface area contributed by atoms with Gasteiger partial charge in [0, 0.05) is 28.9 Å². The lowest BCUT2D eigenvalue weighted by molar-refractivity contribution is -0.142. The van der Waals surface area contributed by atoms with Crippen molar-refractivity contribution < 1.29 is 9.59 Å². The van der Waals surface area contributed by atoms with E-state index in [-0.39, 0.29) is 11.6 Å². The second-order valence-electron chi connectivity index (χ2n) is 7.82. The molecule has 2 aromatic carbocycles. The number of carbonyl (C=O) groups excluding carboxylic acids is 2. The molecule has 0 unspecified atom stereocenters. The molecule has 0 aliphatic carbocycles. The number of imide groups is 1. The molecule has 32 heavy (non-hydrogen) atoms. The molecule has 0 saturated heterocycles. The van der Waals surface area contributed by atoms with Gasteiger partial charge >= 0.3 is 0 Å². The fourth-order valence-corrected chi connectivity index (χ4v) is 3.75. The van der Waals surface area contributed by atoms with Crippen LogP contribution in [0.2, 0.25) is 0 Å². The predicted molar refractivity (Wildman–Crippen MR) is 122 cm³/mol. The van der Waals surface area contributed by atoms with Crippen molar-refractivity contribution in [3.63, 3.8) is 0 Å². The average molecular weight is 422 g/mol. The van der Waals surface area contributed by atoms with Gasteiger partial charge in [0.25, 0.3) is 11.8 Å². The number of carbonyl (C=O) groups is 2.